The van der Waals surface area contributed by atoms with Crippen LogP contribution in [0.1, 0.15) is 27.2 Å². The van der Waals surface area contributed by atoms with Gasteiger partial charge in [0.05, 0.1) is 0 Å². The number of benzene rings is 1. The van der Waals surface area contributed by atoms with E-state index >= 15 is 0 Å². The molecule has 1 aromatic carbocycles. The first-order valence-corrected chi connectivity index (χ1v) is 7.98. The summed E-state index contributed by atoms with van der Waals surface area (Å²) in [5.41, 5.74) is 1.17. The highest BCUT2D eigenvalue weighted by Crippen LogP contribution is 2.22. The second kappa shape index (κ2) is 6.10. The van der Waals surface area contributed by atoms with Gasteiger partial charge in [0.15, 0.2) is 5.58 Å². The maximum atomic E-state index is 12.1. The highest BCUT2D eigenvalue weighted by atomic mass is 16.6. The quantitative estimate of drug-likeness (QED) is 0.938. The van der Waals surface area contributed by atoms with E-state index in [4.69, 9.17) is 9.15 Å². The van der Waals surface area contributed by atoms with Crippen LogP contribution in [0.15, 0.2) is 28.7 Å². The lowest BCUT2D eigenvalue weighted by atomic mass is 10.1. The fraction of sp³-hybridized carbons (Fsp3) is 0.529. The fourth-order valence-electron chi connectivity index (χ4n) is 2.67. The Morgan fingerprint density at radius 1 is 1.43 bits per heavy atom. The lowest BCUT2D eigenvalue weighted by Gasteiger charge is -2.24. The van der Waals surface area contributed by atoms with Gasteiger partial charge in [-0.1, -0.05) is 12.1 Å². The van der Waals surface area contributed by atoms with E-state index in [0.29, 0.717) is 18.5 Å². The van der Waals surface area contributed by atoms with Crippen molar-refractivity contribution >= 4 is 23.2 Å². The Balaban J connectivity index is 1.51. The Kier molecular flexibility index (Phi) is 4.15. The van der Waals surface area contributed by atoms with Crippen molar-refractivity contribution in [3.8, 4) is 0 Å². The molecule has 0 spiro atoms. The van der Waals surface area contributed by atoms with Gasteiger partial charge in [-0.3, -0.25) is 0 Å². The molecule has 6 heteroatoms. The van der Waals surface area contributed by atoms with E-state index < -0.39 is 5.60 Å². The van der Waals surface area contributed by atoms with E-state index in [9.17, 15) is 4.79 Å². The standard InChI is InChI=1S/C17H23N3O3/c1-17(2,3)23-16(21)20-9-8-12(11-20)10-18-15-19-13-6-4-5-7-14(13)22-15/h4-7,12H,8-11H2,1-3H3,(H,18,19)/t12-/m1/s1. The number of para-hydroxylation sites is 2. The Morgan fingerprint density at radius 3 is 2.96 bits per heavy atom. The number of likely N-dealkylation sites (tertiary alicyclic amines) is 1. The van der Waals surface area contributed by atoms with Crippen LogP contribution in [0.3, 0.4) is 0 Å². The van der Waals surface area contributed by atoms with Crippen molar-refractivity contribution in [3.05, 3.63) is 24.3 Å². The molecule has 2 heterocycles. The molecule has 1 fully saturated rings. The lowest BCUT2D eigenvalue weighted by Crippen LogP contribution is -2.35. The molecule has 23 heavy (non-hydrogen) atoms. The molecule has 1 aromatic heterocycles. The van der Waals surface area contributed by atoms with E-state index in [1.165, 1.54) is 0 Å². The normalized spacial score (nSPS) is 18.4. The molecule has 0 saturated carbocycles. The largest absolute Gasteiger partial charge is 0.444 e. The summed E-state index contributed by atoms with van der Waals surface area (Å²) in [5, 5.41) is 3.23. The lowest BCUT2D eigenvalue weighted by molar-refractivity contribution is 0.0289. The Morgan fingerprint density at radius 2 is 2.22 bits per heavy atom. The second-order valence-electron chi connectivity index (χ2n) is 6.95. The molecule has 0 radical (unpaired) electrons. The van der Waals surface area contributed by atoms with Gasteiger partial charge in [-0.15, -0.1) is 0 Å². The summed E-state index contributed by atoms with van der Waals surface area (Å²) >= 11 is 0. The maximum absolute atomic E-state index is 12.1. The summed E-state index contributed by atoms with van der Waals surface area (Å²) in [7, 11) is 0. The number of carbonyl (C=O) groups is 1. The molecule has 124 valence electrons. The number of carbonyl (C=O) groups excluding carboxylic acids is 1. The summed E-state index contributed by atoms with van der Waals surface area (Å²) in [6.07, 6.45) is 0.716. The molecule has 1 aliphatic heterocycles. The van der Waals surface area contributed by atoms with Gasteiger partial charge >= 0.3 is 6.09 Å². The Hall–Kier alpha value is -2.24. The van der Waals surface area contributed by atoms with Crippen LogP contribution in [0.4, 0.5) is 10.8 Å². The first-order valence-electron chi connectivity index (χ1n) is 7.98. The van der Waals surface area contributed by atoms with E-state index in [1.807, 2.05) is 45.0 Å². The minimum Gasteiger partial charge on any atom is -0.444 e. The third kappa shape index (κ3) is 3.94. The first kappa shape index (κ1) is 15.6. The van der Waals surface area contributed by atoms with Gasteiger partial charge in [-0.2, -0.15) is 4.98 Å². The molecular weight excluding hydrogens is 294 g/mol. The minimum absolute atomic E-state index is 0.234. The number of hydrogen-bond donors (Lipinski definition) is 1. The number of amides is 1. The van der Waals surface area contributed by atoms with Gasteiger partial charge < -0.3 is 19.4 Å². The minimum atomic E-state index is -0.453. The number of aromatic nitrogens is 1. The number of fused-ring (bicyclic) bond motifs is 1. The van der Waals surface area contributed by atoms with Crippen LogP contribution in [0.2, 0.25) is 0 Å². The van der Waals surface area contributed by atoms with Crippen molar-refractivity contribution in [3.63, 3.8) is 0 Å². The summed E-state index contributed by atoms with van der Waals surface area (Å²) in [5.74, 6) is 0.373. The fourth-order valence-corrected chi connectivity index (χ4v) is 2.67. The van der Waals surface area contributed by atoms with Crippen molar-refractivity contribution < 1.29 is 13.9 Å². The van der Waals surface area contributed by atoms with Crippen molar-refractivity contribution in [2.75, 3.05) is 25.0 Å². The number of hydrogen-bond acceptors (Lipinski definition) is 5. The highest BCUT2D eigenvalue weighted by Gasteiger charge is 2.29. The summed E-state index contributed by atoms with van der Waals surface area (Å²) in [4.78, 5) is 18.2. The number of nitrogens with zero attached hydrogens (tertiary/aromatic N) is 2. The number of anilines is 1. The first-order chi connectivity index (χ1) is 10.9. The average molecular weight is 317 g/mol. The van der Waals surface area contributed by atoms with Gasteiger partial charge in [0.1, 0.15) is 11.1 Å². The zero-order valence-corrected chi connectivity index (χ0v) is 13.8. The van der Waals surface area contributed by atoms with Crippen LogP contribution in [-0.2, 0) is 4.74 Å². The van der Waals surface area contributed by atoms with Crippen molar-refractivity contribution in [2.24, 2.45) is 5.92 Å². The molecule has 1 N–H and O–H groups in total. The zero-order chi connectivity index (χ0) is 16.4. The summed E-state index contributed by atoms with van der Waals surface area (Å²) in [6.45, 7) is 7.80. The molecule has 0 bridgehead atoms. The summed E-state index contributed by atoms with van der Waals surface area (Å²) < 4.78 is 11.0. The third-order valence-corrected chi connectivity index (χ3v) is 3.77. The van der Waals surface area contributed by atoms with Crippen LogP contribution in [-0.4, -0.2) is 41.2 Å². The van der Waals surface area contributed by atoms with E-state index in [0.717, 1.165) is 30.6 Å². The zero-order valence-electron chi connectivity index (χ0n) is 13.8. The molecule has 1 aliphatic rings. The maximum Gasteiger partial charge on any atom is 0.410 e. The van der Waals surface area contributed by atoms with Crippen LogP contribution in [0, 0.1) is 5.92 Å². The van der Waals surface area contributed by atoms with Crippen LogP contribution in [0.25, 0.3) is 11.1 Å². The Labute approximate surface area is 135 Å². The summed E-state index contributed by atoms with van der Waals surface area (Å²) in [6, 6.07) is 8.20. The number of rotatable bonds is 3. The predicted molar refractivity (Wildman–Crippen MR) is 88.4 cm³/mol. The molecule has 1 amide bonds. The van der Waals surface area contributed by atoms with Crippen LogP contribution < -0.4 is 5.32 Å². The van der Waals surface area contributed by atoms with Gasteiger partial charge in [0.25, 0.3) is 6.01 Å². The number of ether oxygens (including phenoxy) is 1. The van der Waals surface area contributed by atoms with Crippen LogP contribution >= 0.6 is 0 Å². The third-order valence-electron chi connectivity index (χ3n) is 3.77. The van der Waals surface area contributed by atoms with Crippen molar-refractivity contribution in [1.29, 1.82) is 0 Å². The van der Waals surface area contributed by atoms with E-state index in [2.05, 4.69) is 10.3 Å². The van der Waals surface area contributed by atoms with E-state index in [-0.39, 0.29) is 6.09 Å². The van der Waals surface area contributed by atoms with Crippen LogP contribution in [0.5, 0.6) is 0 Å². The van der Waals surface area contributed by atoms with Gasteiger partial charge in [-0.05, 0) is 45.2 Å². The van der Waals surface area contributed by atoms with Crippen molar-refractivity contribution in [1.82, 2.24) is 9.88 Å². The molecule has 1 saturated heterocycles. The molecule has 0 unspecified atom stereocenters. The SMILES string of the molecule is CC(C)(C)OC(=O)N1CC[C@H](CNc2nc3ccccc3o2)C1. The average Bonchev–Trinajstić information content (AvgIpc) is 3.09. The Bertz CT molecular complexity index is 657. The number of nitrogens with one attached hydrogen (secondary N) is 1. The van der Waals surface area contributed by atoms with E-state index in [1.54, 1.807) is 4.90 Å². The monoisotopic (exact) mass is 317 g/mol. The molecule has 2 aromatic rings. The molecule has 6 nitrogen and oxygen atoms in total. The second-order valence-corrected chi connectivity index (χ2v) is 6.95. The van der Waals surface area contributed by atoms with Gasteiger partial charge in [0, 0.05) is 19.6 Å². The molecular formula is C17H23N3O3. The predicted octanol–water partition coefficient (Wildman–Crippen LogP) is 3.50. The van der Waals surface area contributed by atoms with Gasteiger partial charge in [0.2, 0.25) is 0 Å². The number of oxazole rings is 1. The smallest absolute Gasteiger partial charge is 0.410 e. The highest BCUT2D eigenvalue weighted by molar-refractivity contribution is 5.74. The molecule has 3 rings (SSSR count). The van der Waals surface area contributed by atoms with Gasteiger partial charge in [-0.25, -0.2) is 4.79 Å². The molecule has 0 aliphatic carbocycles. The molecule has 1 atom stereocenters. The topological polar surface area (TPSA) is 67.6 Å². The van der Waals surface area contributed by atoms with Crippen molar-refractivity contribution in [2.45, 2.75) is 32.8 Å².